The van der Waals surface area contributed by atoms with E-state index in [0.29, 0.717) is 15.0 Å². The van der Waals surface area contributed by atoms with E-state index in [1.807, 2.05) is 30.3 Å². The number of amides is 2. The van der Waals surface area contributed by atoms with Crippen molar-refractivity contribution in [1.82, 2.24) is 0 Å². The number of hydrogen-bond donors (Lipinski definition) is 1. The minimum absolute atomic E-state index is 0.143. The summed E-state index contributed by atoms with van der Waals surface area (Å²) in [7, 11) is 0. The normalized spacial score (nSPS) is 15.7. The Labute approximate surface area is 154 Å². The van der Waals surface area contributed by atoms with Crippen molar-refractivity contribution in [3.05, 3.63) is 65.1 Å². The highest BCUT2D eigenvalue weighted by Gasteiger charge is 2.33. The molecule has 1 fully saturated rings. The molecule has 0 aromatic heterocycles. The molecule has 2 N–H and O–H groups in total. The van der Waals surface area contributed by atoms with Crippen molar-refractivity contribution in [3.8, 4) is 5.75 Å². The first-order chi connectivity index (χ1) is 12.0. The van der Waals surface area contributed by atoms with E-state index in [9.17, 15) is 9.59 Å². The third-order valence-electron chi connectivity index (χ3n) is 3.37. The second kappa shape index (κ2) is 7.50. The summed E-state index contributed by atoms with van der Waals surface area (Å²) >= 11 is 6.60. The molecule has 1 aliphatic rings. The molecule has 3 rings (SSSR count). The fourth-order valence-electron chi connectivity index (χ4n) is 2.23. The number of carbonyl (C=O) groups is 2. The molecule has 0 saturated carbocycles. The van der Waals surface area contributed by atoms with Gasteiger partial charge in [0.1, 0.15) is 5.75 Å². The number of anilines is 1. The van der Waals surface area contributed by atoms with Gasteiger partial charge in [-0.3, -0.25) is 14.5 Å². The molecule has 0 spiro atoms. The number of nitrogens with zero attached hydrogens (tertiary/aromatic N) is 1. The lowest BCUT2D eigenvalue weighted by atomic mass is 10.2. The van der Waals surface area contributed by atoms with Crippen LogP contribution in [0.4, 0.5) is 5.69 Å². The van der Waals surface area contributed by atoms with Gasteiger partial charge < -0.3 is 10.5 Å². The number of thioether (sulfide) groups is 1. The number of para-hydroxylation sites is 1. The quantitative estimate of drug-likeness (QED) is 0.647. The van der Waals surface area contributed by atoms with Gasteiger partial charge in [-0.2, -0.15) is 0 Å². The summed E-state index contributed by atoms with van der Waals surface area (Å²) in [5.74, 6) is -0.142. The van der Waals surface area contributed by atoms with Crippen LogP contribution in [0.1, 0.15) is 5.56 Å². The Morgan fingerprint density at radius 2 is 1.84 bits per heavy atom. The van der Waals surface area contributed by atoms with Crippen LogP contribution in [-0.4, -0.2) is 22.7 Å². The first-order valence-electron chi connectivity index (χ1n) is 7.39. The van der Waals surface area contributed by atoms with Gasteiger partial charge in [-0.25, -0.2) is 0 Å². The molecule has 25 heavy (non-hydrogen) atoms. The Hall–Kier alpha value is -2.64. The van der Waals surface area contributed by atoms with Crippen molar-refractivity contribution in [2.45, 2.75) is 0 Å². The highest BCUT2D eigenvalue weighted by atomic mass is 32.2. The van der Waals surface area contributed by atoms with Crippen molar-refractivity contribution < 1.29 is 14.3 Å². The van der Waals surface area contributed by atoms with Gasteiger partial charge in [-0.1, -0.05) is 54.3 Å². The zero-order chi connectivity index (χ0) is 17.8. The molecule has 1 heterocycles. The number of ether oxygens (including phenoxy) is 1. The van der Waals surface area contributed by atoms with Gasteiger partial charge in [0.05, 0.1) is 10.6 Å². The van der Waals surface area contributed by atoms with Crippen LogP contribution in [0.15, 0.2) is 59.5 Å². The summed E-state index contributed by atoms with van der Waals surface area (Å²) in [5.41, 5.74) is 6.62. The van der Waals surface area contributed by atoms with Gasteiger partial charge in [0.15, 0.2) is 10.9 Å². The molecule has 5 nitrogen and oxygen atoms in total. The van der Waals surface area contributed by atoms with Crippen molar-refractivity contribution in [1.29, 1.82) is 0 Å². The monoisotopic (exact) mass is 370 g/mol. The molecule has 2 amide bonds. The maximum Gasteiger partial charge on any atom is 0.270 e. The third kappa shape index (κ3) is 4.07. The van der Waals surface area contributed by atoms with Crippen LogP contribution in [0.5, 0.6) is 5.75 Å². The molecule has 7 heteroatoms. The van der Waals surface area contributed by atoms with Crippen LogP contribution in [0.2, 0.25) is 0 Å². The predicted molar refractivity (Wildman–Crippen MR) is 103 cm³/mol. The minimum Gasteiger partial charge on any atom is -0.484 e. The number of hydrogen-bond acceptors (Lipinski definition) is 5. The topological polar surface area (TPSA) is 72.6 Å². The average Bonchev–Trinajstić information content (AvgIpc) is 2.88. The number of thiocarbonyl (C=S) groups is 1. The lowest BCUT2D eigenvalue weighted by Crippen LogP contribution is -2.27. The molecule has 0 aliphatic carbocycles. The van der Waals surface area contributed by atoms with Crippen LogP contribution in [0.3, 0.4) is 0 Å². The largest absolute Gasteiger partial charge is 0.484 e. The Bertz CT molecular complexity index is 848. The average molecular weight is 370 g/mol. The molecular formula is C18H14N2O3S2. The van der Waals surface area contributed by atoms with E-state index in [0.717, 1.165) is 11.3 Å². The maximum absolute atomic E-state index is 12.6. The summed E-state index contributed by atoms with van der Waals surface area (Å²) in [6, 6.07) is 16.3. The third-order valence-corrected chi connectivity index (χ3v) is 4.67. The summed E-state index contributed by atoms with van der Waals surface area (Å²) in [4.78, 5) is 25.4. The van der Waals surface area contributed by atoms with Gasteiger partial charge in [0, 0.05) is 0 Å². The van der Waals surface area contributed by atoms with Gasteiger partial charge in [0.25, 0.3) is 11.8 Å². The number of rotatable bonds is 5. The predicted octanol–water partition coefficient (Wildman–Crippen LogP) is 2.96. The summed E-state index contributed by atoms with van der Waals surface area (Å²) < 4.78 is 5.71. The zero-order valence-corrected chi connectivity index (χ0v) is 14.7. The molecule has 2 aromatic carbocycles. The molecule has 1 saturated heterocycles. The molecule has 126 valence electrons. The standard InChI is InChI=1S/C18H14N2O3S2/c19-16(21)11-23-14-8-6-12(7-9-14)10-15-17(22)20(18(24)25-15)13-4-2-1-3-5-13/h1-10H,11H2,(H2,19,21)/b15-10-. The van der Waals surface area contributed by atoms with E-state index in [1.165, 1.54) is 16.7 Å². The second-order valence-electron chi connectivity index (χ2n) is 5.18. The van der Waals surface area contributed by atoms with E-state index in [4.69, 9.17) is 22.7 Å². The van der Waals surface area contributed by atoms with Crippen molar-refractivity contribution in [2.24, 2.45) is 5.73 Å². The molecule has 0 unspecified atom stereocenters. The molecule has 0 bridgehead atoms. The number of primary amides is 1. The van der Waals surface area contributed by atoms with E-state index < -0.39 is 5.91 Å². The van der Waals surface area contributed by atoms with Crippen LogP contribution < -0.4 is 15.4 Å². The van der Waals surface area contributed by atoms with Gasteiger partial charge >= 0.3 is 0 Å². The second-order valence-corrected chi connectivity index (χ2v) is 6.85. The Morgan fingerprint density at radius 1 is 1.16 bits per heavy atom. The molecule has 1 aliphatic heterocycles. The lowest BCUT2D eigenvalue weighted by molar-refractivity contribution is -0.120. The van der Waals surface area contributed by atoms with E-state index >= 15 is 0 Å². The van der Waals surface area contributed by atoms with Crippen molar-refractivity contribution >= 4 is 51.9 Å². The Kier molecular flexibility index (Phi) is 5.16. The Morgan fingerprint density at radius 3 is 2.48 bits per heavy atom. The lowest BCUT2D eigenvalue weighted by Gasteiger charge is -2.13. The first kappa shape index (κ1) is 17.2. The van der Waals surface area contributed by atoms with Gasteiger partial charge in [-0.15, -0.1) is 0 Å². The molecule has 2 aromatic rings. The fourth-order valence-corrected chi connectivity index (χ4v) is 3.53. The number of nitrogens with two attached hydrogens (primary N) is 1. The van der Waals surface area contributed by atoms with E-state index in [1.54, 1.807) is 30.3 Å². The number of benzene rings is 2. The SMILES string of the molecule is NC(=O)COc1ccc(/C=C2\SC(=S)N(c3ccccc3)C2=O)cc1. The summed E-state index contributed by atoms with van der Waals surface area (Å²) in [6.45, 7) is -0.172. The van der Waals surface area contributed by atoms with E-state index in [-0.39, 0.29) is 12.5 Å². The number of carbonyl (C=O) groups excluding carboxylic acids is 2. The molecular weight excluding hydrogens is 356 g/mol. The van der Waals surface area contributed by atoms with Gasteiger partial charge in [-0.05, 0) is 35.9 Å². The highest BCUT2D eigenvalue weighted by molar-refractivity contribution is 8.27. The van der Waals surface area contributed by atoms with Gasteiger partial charge in [0.2, 0.25) is 0 Å². The Balaban J connectivity index is 1.77. The fraction of sp³-hybridized carbons (Fsp3) is 0.0556. The minimum atomic E-state index is -0.534. The van der Waals surface area contributed by atoms with Crippen LogP contribution in [0.25, 0.3) is 6.08 Å². The van der Waals surface area contributed by atoms with Crippen LogP contribution in [-0.2, 0) is 9.59 Å². The summed E-state index contributed by atoms with van der Waals surface area (Å²) in [5, 5.41) is 0. The van der Waals surface area contributed by atoms with Crippen molar-refractivity contribution in [2.75, 3.05) is 11.5 Å². The first-order valence-corrected chi connectivity index (χ1v) is 8.61. The van der Waals surface area contributed by atoms with E-state index in [2.05, 4.69) is 0 Å². The van der Waals surface area contributed by atoms with Crippen molar-refractivity contribution in [3.63, 3.8) is 0 Å². The summed E-state index contributed by atoms with van der Waals surface area (Å²) in [6.07, 6.45) is 1.78. The molecule has 0 atom stereocenters. The smallest absolute Gasteiger partial charge is 0.270 e. The van der Waals surface area contributed by atoms with Crippen LogP contribution in [0, 0.1) is 0 Å². The highest BCUT2D eigenvalue weighted by Crippen LogP contribution is 2.35. The zero-order valence-electron chi connectivity index (χ0n) is 13.0. The maximum atomic E-state index is 12.6. The van der Waals surface area contributed by atoms with Crippen LogP contribution >= 0.6 is 24.0 Å². The molecule has 0 radical (unpaired) electrons.